The van der Waals surface area contributed by atoms with Crippen molar-refractivity contribution in [2.75, 3.05) is 6.61 Å². The van der Waals surface area contributed by atoms with E-state index in [0.29, 0.717) is 12.4 Å². The summed E-state index contributed by atoms with van der Waals surface area (Å²) in [6.07, 6.45) is 4.46. The number of rotatable bonds is 5. The number of aryl methyl sites for hydroxylation is 1. The van der Waals surface area contributed by atoms with Crippen LogP contribution in [-0.4, -0.2) is 27.5 Å². The smallest absolute Gasteiger partial charge is 0.335 e. The van der Waals surface area contributed by atoms with E-state index in [4.69, 9.17) is 9.84 Å². The zero-order valence-corrected chi connectivity index (χ0v) is 12.5. The Labute approximate surface area is 124 Å². The maximum absolute atomic E-state index is 10.9. The average molecular weight is 372 g/mol. The van der Waals surface area contributed by atoms with Crippen molar-refractivity contribution in [3.8, 4) is 5.75 Å². The van der Waals surface area contributed by atoms with Gasteiger partial charge < -0.3 is 9.84 Å². The summed E-state index contributed by atoms with van der Waals surface area (Å²) in [6.45, 7) is 0.491. The van der Waals surface area contributed by atoms with Crippen molar-refractivity contribution in [2.45, 2.75) is 6.42 Å². The number of carboxylic acids is 1. The molecule has 0 aliphatic heterocycles. The van der Waals surface area contributed by atoms with Gasteiger partial charge in [0, 0.05) is 19.7 Å². The fourth-order valence-corrected chi connectivity index (χ4v) is 2.12. The fraction of sp³-hybridized carbons (Fsp3) is 0.231. The van der Waals surface area contributed by atoms with Crippen molar-refractivity contribution >= 4 is 28.6 Å². The number of halogens is 1. The summed E-state index contributed by atoms with van der Waals surface area (Å²) < 4.78 is 8.27. The van der Waals surface area contributed by atoms with E-state index >= 15 is 0 Å². The van der Waals surface area contributed by atoms with E-state index in [0.717, 1.165) is 15.6 Å². The lowest BCUT2D eigenvalue weighted by Crippen LogP contribution is -2.04. The second-order valence-electron chi connectivity index (χ2n) is 4.07. The van der Waals surface area contributed by atoms with E-state index in [1.807, 2.05) is 13.2 Å². The zero-order valence-electron chi connectivity index (χ0n) is 10.3. The SMILES string of the molecule is Cn1cc(CCOc2cc(C(=O)O)ccc2I)cn1. The number of aromatic nitrogens is 2. The van der Waals surface area contributed by atoms with Crippen molar-refractivity contribution < 1.29 is 14.6 Å². The summed E-state index contributed by atoms with van der Waals surface area (Å²) >= 11 is 2.12. The molecule has 0 atom stereocenters. The molecule has 0 fully saturated rings. The van der Waals surface area contributed by atoms with E-state index in [1.54, 1.807) is 29.1 Å². The molecule has 1 N–H and O–H groups in total. The van der Waals surface area contributed by atoms with Gasteiger partial charge in [-0.05, 0) is 46.4 Å². The Morgan fingerprint density at radius 3 is 2.95 bits per heavy atom. The normalized spacial score (nSPS) is 10.4. The Balaban J connectivity index is 1.99. The molecule has 0 saturated carbocycles. The standard InChI is InChI=1S/C13H13IN2O3/c1-16-8-9(7-15-16)4-5-19-12-6-10(13(17)18)2-3-11(12)14/h2-3,6-8H,4-5H2,1H3,(H,17,18). The monoisotopic (exact) mass is 372 g/mol. The lowest BCUT2D eigenvalue weighted by molar-refractivity contribution is 0.0696. The Morgan fingerprint density at radius 1 is 1.53 bits per heavy atom. The lowest BCUT2D eigenvalue weighted by atomic mass is 10.2. The van der Waals surface area contributed by atoms with Gasteiger partial charge in [0.15, 0.2) is 0 Å². The Kier molecular flexibility index (Phi) is 4.41. The maximum atomic E-state index is 10.9. The van der Waals surface area contributed by atoms with Gasteiger partial charge >= 0.3 is 5.97 Å². The largest absolute Gasteiger partial charge is 0.492 e. The minimum absolute atomic E-state index is 0.233. The quantitative estimate of drug-likeness (QED) is 0.819. The molecule has 0 radical (unpaired) electrons. The van der Waals surface area contributed by atoms with Crippen LogP contribution in [0.3, 0.4) is 0 Å². The molecule has 5 nitrogen and oxygen atoms in total. The number of carboxylic acid groups (broad SMARTS) is 1. The molecular formula is C13H13IN2O3. The third-order valence-electron chi connectivity index (χ3n) is 2.58. The highest BCUT2D eigenvalue weighted by atomic mass is 127. The molecule has 6 heteroatoms. The van der Waals surface area contributed by atoms with Crippen LogP contribution in [0.2, 0.25) is 0 Å². The summed E-state index contributed by atoms with van der Waals surface area (Å²) in [5.41, 5.74) is 1.32. The molecule has 1 aromatic heterocycles. The van der Waals surface area contributed by atoms with Crippen LogP contribution >= 0.6 is 22.6 Å². The second-order valence-corrected chi connectivity index (χ2v) is 5.23. The third-order valence-corrected chi connectivity index (χ3v) is 3.48. The first kappa shape index (κ1) is 13.9. The highest BCUT2D eigenvalue weighted by Gasteiger charge is 2.08. The van der Waals surface area contributed by atoms with Gasteiger partial charge in [-0.15, -0.1) is 0 Å². The van der Waals surface area contributed by atoms with Gasteiger partial charge in [0.1, 0.15) is 5.75 Å². The molecule has 19 heavy (non-hydrogen) atoms. The van der Waals surface area contributed by atoms with Crippen molar-refractivity contribution in [2.24, 2.45) is 7.05 Å². The summed E-state index contributed by atoms with van der Waals surface area (Å²) in [7, 11) is 1.86. The van der Waals surface area contributed by atoms with Crippen LogP contribution in [0.1, 0.15) is 15.9 Å². The molecule has 0 aliphatic rings. The summed E-state index contributed by atoms with van der Waals surface area (Å²) in [5, 5.41) is 13.0. The first-order valence-electron chi connectivity index (χ1n) is 5.69. The van der Waals surface area contributed by atoms with Crippen molar-refractivity contribution in [1.29, 1.82) is 0 Å². The number of hydrogen-bond acceptors (Lipinski definition) is 3. The number of aromatic carboxylic acids is 1. The second kappa shape index (κ2) is 6.05. The summed E-state index contributed by atoms with van der Waals surface area (Å²) in [5.74, 6) is -0.349. The number of nitrogens with zero attached hydrogens (tertiary/aromatic N) is 2. The minimum atomic E-state index is -0.950. The molecule has 0 bridgehead atoms. The number of carbonyl (C=O) groups is 1. The zero-order chi connectivity index (χ0) is 13.8. The maximum Gasteiger partial charge on any atom is 0.335 e. The third kappa shape index (κ3) is 3.69. The molecule has 1 heterocycles. The van der Waals surface area contributed by atoms with E-state index in [1.165, 1.54) is 0 Å². The first-order valence-corrected chi connectivity index (χ1v) is 6.77. The molecule has 2 rings (SSSR count). The highest BCUT2D eigenvalue weighted by molar-refractivity contribution is 14.1. The Hall–Kier alpha value is -1.57. The van der Waals surface area contributed by atoms with Gasteiger partial charge in [-0.3, -0.25) is 4.68 Å². The van der Waals surface area contributed by atoms with Crippen LogP contribution in [0.15, 0.2) is 30.6 Å². The minimum Gasteiger partial charge on any atom is -0.492 e. The number of hydrogen-bond donors (Lipinski definition) is 1. The van der Waals surface area contributed by atoms with Gasteiger partial charge in [0.25, 0.3) is 0 Å². The summed E-state index contributed by atoms with van der Waals surface area (Å²) in [6, 6.07) is 4.86. The first-order chi connectivity index (χ1) is 9.06. The molecule has 0 saturated heterocycles. The molecule has 0 unspecified atom stereocenters. The van der Waals surface area contributed by atoms with Gasteiger partial charge in [-0.1, -0.05) is 0 Å². The van der Waals surface area contributed by atoms with E-state index < -0.39 is 5.97 Å². The molecule has 2 aromatic rings. The van der Waals surface area contributed by atoms with Crippen molar-refractivity contribution in [1.82, 2.24) is 9.78 Å². The molecule has 0 amide bonds. The van der Waals surface area contributed by atoms with Gasteiger partial charge in [0.05, 0.1) is 21.9 Å². The van der Waals surface area contributed by atoms with Gasteiger partial charge in [0.2, 0.25) is 0 Å². The Morgan fingerprint density at radius 2 is 2.32 bits per heavy atom. The van der Waals surface area contributed by atoms with Crippen LogP contribution < -0.4 is 4.74 Å². The van der Waals surface area contributed by atoms with Crippen LogP contribution in [0.4, 0.5) is 0 Å². The molecule has 100 valence electrons. The predicted octanol–water partition coefficient (Wildman–Crippen LogP) is 2.34. The molecule has 0 spiro atoms. The lowest BCUT2D eigenvalue weighted by Gasteiger charge is -2.08. The summed E-state index contributed by atoms with van der Waals surface area (Å²) in [4.78, 5) is 10.9. The van der Waals surface area contributed by atoms with E-state index in [9.17, 15) is 4.79 Å². The van der Waals surface area contributed by atoms with Gasteiger partial charge in [-0.25, -0.2) is 4.79 Å². The topological polar surface area (TPSA) is 64.3 Å². The Bertz CT molecular complexity index is 595. The number of ether oxygens (including phenoxy) is 1. The van der Waals surface area contributed by atoms with Gasteiger partial charge in [-0.2, -0.15) is 5.10 Å². The predicted molar refractivity (Wildman–Crippen MR) is 78.5 cm³/mol. The fourth-order valence-electron chi connectivity index (χ4n) is 1.63. The van der Waals surface area contributed by atoms with Crippen LogP contribution in [0, 0.1) is 3.57 Å². The van der Waals surface area contributed by atoms with Crippen molar-refractivity contribution in [3.63, 3.8) is 0 Å². The highest BCUT2D eigenvalue weighted by Crippen LogP contribution is 2.22. The molecule has 1 aromatic carbocycles. The van der Waals surface area contributed by atoms with Crippen LogP contribution in [0.25, 0.3) is 0 Å². The van der Waals surface area contributed by atoms with Crippen molar-refractivity contribution in [3.05, 3.63) is 45.3 Å². The average Bonchev–Trinajstić information content (AvgIpc) is 2.77. The molecule has 0 aliphatic carbocycles. The van der Waals surface area contributed by atoms with Crippen LogP contribution in [0.5, 0.6) is 5.75 Å². The van der Waals surface area contributed by atoms with E-state index in [-0.39, 0.29) is 5.56 Å². The van der Waals surface area contributed by atoms with Crippen LogP contribution in [-0.2, 0) is 13.5 Å². The number of benzene rings is 1. The molecular weight excluding hydrogens is 359 g/mol. The van der Waals surface area contributed by atoms with E-state index in [2.05, 4.69) is 27.7 Å².